The minimum absolute atomic E-state index is 0.156. The number of benzene rings is 4. The Bertz CT molecular complexity index is 1460. The largest absolute Gasteiger partial charge is 0.497 e. The minimum atomic E-state index is -0.245. The van der Waals surface area contributed by atoms with E-state index in [0.717, 1.165) is 49.8 Å². The molecule has 1 aliphatic heterocycles. The van der Waals surface area contributed by atoms with E-state index in [-0.39, 0.29) is 22.6 Å². The third-order valence-corrected chi connectivity index (χ3v) is 9.60. The van der Waals surface area contributed by atoms with Crippen LogP contribution in [0.15, 0.2) is 103 Å². The van der Waals surface area contributed by atoms with Crippen molar-refractivity contribution in [2.75, 3.05) is 7.11 Å². The molecule has 0 fully saturated rings. The van der Waals surface area contributed by atoms with Crippen LogP contribution < -0.4 is 10.1 Å². The van der Waals surface area contributed by atoms with Gasteiger partial charge in [-0.2, -0.15) is 0 Å². The number of carbonyl (C=O) groups excluding carboxylic acids is 1. The van der Waals surface area contributed by atoms with Crippen molar-refractivity contribution in [3.63, 3.8) is 0 Å². The lowest BCUT2D eigenvalue weighted by Gasteiger charge is -2.42. The summed E-state index contributed by atoms with van der Waals surface area (Å²) < 4.78 is 18.9. The summed E-state index contributed by atoms with van der Waals surface area (Å²) in [6, 6.07) is 35.1. The maximum absolute atomic E-state index is 13.3. The van der Waals surface area contributed by atoms with Crippen LogP contribution in [0.2, 0.25) is 0 Å². The number of hydrogen-bond donors (Lipinski definition) is 1. The molecule has 0 spiro atoms. The number of nitrogens with one attached hydrogen (secondary N) is 1. The molecule has 44 heavy (non-hydrogen) atoms. The maximum atomic E-state index is 13.3. The summed E-state index contributed by atoms with van der Waals surface area (Å²) >= 11 is 0. The molecule has 4 aromatic rings. The third-order valence-electron chi connectivity index (χ3n) is 9.60. The van der Waals surface area contributed by atoms with Crippen LogP contribution >= 0.6 is 0 Å². The van der Waals surface area contributed by atoms with Gasteiger partial charge in [0.2, 0.25) is 0 Å². The van der Waals surface area contributed by atoms with Crippen molar-refractivity contribution in [2.45, 2.75) is 88.6 Å². The van der Waals surface area contributed by atoms with Crippen molar-refractivity contribution in [3.05, 3.63) is 137 Å². The van der Waals surface area contributed by atoms with Gasteiger partial charge in [0.25, 0.3) is 0 Å². The van der Waals surface area contributed by atoms with Crippen molar-refractivity contribution >= 4 is 5.78 Å². The minimum Gasteiger partial charge on any atom is -0.497 e. The van der Waals surface area contributed by atoms with Gasteiger partial charge in [-0.3, -0.25) is 4.79 Å². The monoisotopic (exact) mass is 591 g/mol. The van der Waals surface area contributed by atoms with Crippen molar-refractivity contribution < 1.29 is 13.9 Å². The Labute approximate surface area is 262 Å². The number of fused-ring (bicyclic) bond motifs is 1. The van der Waals surface area contributed by atoms with E-state index in [9.17, 15) is 9.18 Å². The highest BCUT2D eigenvalue weighted by molar-refractivity contribution is 5.78. The van der Waals surface area contributed by atoms with Gasteiger partial charge in [-0.25, -0.2) is 4.39 Å². The molecule has 5 rings (SSSR count). The number of hydrogen-bond acceptors (Lipinski definition) is 3. The lowest BCUT2D eigenvalue weighted by Crippen LogP contribution is -2.50. The SMILES string of the molecule is COc1ccc2c(c1)C(C)(CCCC(CCCC(=O)CCc1ccc(F)cc1)(c1ccccc1)c1ccccc1)NC(C)C2. The summed E-state index contributed by atoms with van der Waals surface area (Å²) in [4.78, 5) is 13.0. The smallest absolute Gasteiger partial charge is 0.133 e. The molecule has 0 radical (unpaired) electrons. The fraction of sp³-hybridized carbons (Fsp3) is 0.375. The van der Waals surface area contributed by atoms with Crippen LogP contribution in [0.1, 0.15) is 86.6 Å². The summed E-state index contributed by atoms with van der Waals surface area (Å²) in [7, 11) is 1.74. The van der Waals surface area contributed by atoms with Gasteiger partial charge in [-0.05, 0) is 104 Å². The molecule has 0 bridgehead atoms. The zero-order valence-corrected chi connectivity index (χ0v) is 26.5. The molecular formula is C40H46FNO2. The van der Waals surface area contributed by atoms with Crippen molar-refractivity contribution in [1.29, 1.82) is 0 Å². The molecule has 1 N–H and O–H groups in total. The number of rotatable bonds is 14. The first-order valence-corrected chi connectivity index (χ1v) is 16.1. The first-order chi connectivity index (χ1) is 21.3. The summed E-state index contributed by atoms with van der Waals surface area (Å²) in [5.41, 5.74) is 6.00. The number of ketones is 1. The quantitative estimate of drug-likeness (QED) is 0.159. The Morgan fingerprint density at radius 3 is 2.16 bits per heavy atom. The molecule has 1 aliphatic rings. The van der Waals surface area contributed by atoms with Gasteiger partial charge >= 0.3 is 0 Å². The molecule has 230 valence electrons. The van der Waals surface area contributed by atoms with Gasteiger partial charge in [-0.1, -0.05) is 85.3 Å². The molecule has 0 aliphatic carbocycles. The molecule has 0 saturated carbocycles. The second-order valence-corrected chi connectivity index (χ2v) is 12.8. The number of halogens is 1. The van der Waals surface area contributed by atoms with E-state index in [2.05, 4.69) is 98.0 Å². The molecule has 4 heteroatoms. The number of Topliss-reactive ketones (excluding diaryl/α,β-unsaturated/α-hetero) is 1. The molecule has 2 unspecified atom stereocenters. The first-order valence-electron chi connectivity index (χ1n) is 16.1. The molecule has 4 aromatic carbocycles. The number of carbonyl (C=O) groups is 1. The Balaban J connectivity index is 1.35. The average molecular weight is 592 g/mol. The molecular weight excluding hydrogens is 545 g/mol. The molecule has 0 amide bonds. The van der Waals surface area contributed by atoms with Gasteiger partial charge in [0, 0.05) is 29.8 Å². The average Bonchev–Trinajstić information content (AvgIpc) is 3.04. The van der Waals surface area contributed by atoms with Crippen molar-refractivity contribution in [2.24, 2.45) is 0 Å². The lowest BCUT2D eigenvalue weighted by molar-refractivity contribution is -0.119. The first kappa shape index (κ1) is 31.7. The highest BCUT2D eigenvalue weighted by Crippen LogP contribution is 2.44. The van der Waals surface area contributed by atoms with Gasteiger partial charge in [-0.15, -0.1) is 0 Å². The van der Waals surface area contributed by atoms with E-state index >= 15 is 0 Å². The summed E-state index contributed by atoms with van der Waals surface area (Å²) in [6.07, 6.45) is 7.42. The van der Waals surface area contributed by atoms with Gasteiger partial charge in [0.05, 0.1) is 7.11 Å². The normalized spacial score (nSPS) is 18.0. The number of ether oxygens (including phenoxy) is 1. The van der Waals surface area contributed by atoms with E-state index < -0.39 is 0 Å². The van der Waals surface area contributed by atoms with E-state index in [0.29, 0.717) is 25.3 Å². The Kier molecular flexibility index (Phi) is 10.3. The van der Waals surface area contributed by atoms with Crippen LogP contribution in [0.5, 0.6) is 5.75 Å². The van der Waals surface area contributed by atoms with Crippen LogP contribution in [0.4, 0.5) is 4.39 Å². The Morgan fingerprint density at radius 1 is 0.886 bits per heavy atom. The van der Waals surface area contributed by atoms with Gasteiger partial charge in [0.15, 0.2) is 0 Å². The number of aryl methyl sites for hydroxylation is 1. The van der Waals surface area contributed by atoms with Gasteiger partial charge < -0.3 is 10.1 Å². The highest BCUT2D eigenvalue weighted by atomic mass is 19.1. The second kappa shape index (κ2) is 14.3. The van der Waals surface area contributed by atoms with Crippen LogP contribution in [0.3, 0.4) is 0 Å². The summed E-state index contributed by atoms with van der Waals surface area (Å²) in [5.74, 6) is 0.922. The lowest BCUT2D eigenvalue weighted by atomic mass is 9.67. The van der Waals surface area contributed by atoms with Gasteiger partial charge in [0.1, 0.15) is 17.3 Å². The molecule has 0 aromatic heterocycles. The van der Waals surface area contributed by atoms with E-state index in [4.69, 9.17) is 4.74 Å². The highest BCUT2D eigenvalue weighted by Gasteiger charge is 2.38. The van der Waals surface area contributed by atoms with E-state index in [1.54, 1.807) is 19.2 Å². The molecule has 2 atom stereocenters. The standard InChI is InChI=1S/C40H46FNO2/c1-30-28-32-20-24-37(44-3)29-38(32)39(2,42-30)25-11-27-40(33-12-6-4-7-13-33,34-14-8-5-9-15-34)26-10-16-36(43)23-19-31-17-21-35(41)22-18-31/h4-9,12-15,17-18,20-22,24,29-30,42H,10-11,16,19,23,25-28H2,1-3H3. The zero-order chi connectivity index (χ0) is 31.0. The van der Waals surface area contributed by atoms with Crippen molar-refractivity contribution in [1.82, 2.24) is 5.32 Å². The maximum Gasteiger partial charge on any atom is 0.133 e. The third kappa shape index (κ3) is 7.47. The topological polar surface area (TPSA) is 38.3 Å². The Morgan fingerprint density at radius 2 is 1.52 bits per heavy atom. The predicted molar refractivity (Wildman–Crippen MR) is 178 cm³/mol. The Hall–Kier alpha value is -3.76. The van der Waals surface area contributed by atoms with E-state index in [1.807, 2.05) is 0 Å². The zero-order valence-electron chi connectivity index (χ0n) is 26.5. The fourth-order valence-electron chi connectivity index (χ4n) is 7.36. The van der Waals surface area contributed by atoms with E-state index in [1.165, 1.54) is 34.4 Å². The van der Waals surface area contributed by atoms with Crippen molar-refractivity contribution in [3.8, 4) is 5.75 Å². The van der Waals surface area contributed by atoms with Crippen LogP contribution in [0, 0.1) is 5.82 Å². The fourth-order valence-corrected chi connectivity index (χ4v) is 7.36. The van der Waals surface area contributed by atoms with Crippen LogP contribution in [-0.4, -0.2) is 18.9 Å². The van der Waals surface area contributed by atoms with Crippen LogP contribution in [-0.2, 0) is 28.6 Å². The molecule has 0 saturated heterocycles. The summed E-state index contributed by atoms with van der Waals surface area (Å²) in [5, 5.41) is 3.93. The molecule has 3 nitrogen and oxygen atoms in total. The predicted octanol–water partition coefficient (Wildman–Crippen LogP) is 9.11. The second-order valence-electron chi connectivity index (χ2n) is 12.8. The van der Waals surface area contributed by atoms with Crippen LogP contribution in [0.25, 0.3) is 0 Å². The number of methoxy groups -OCH3 is 1. The molecule has 1 heterocycles. The summed E-state index contributed by atoms with van der Waals surface area (Å²) in [6.45, 7) is 4.62.